The Bertz CT molecular complexity index is 139. The van der Waals surface area contributed by atoms with Gasteiger partial charge in [-0.05, 0) is 46.1 Å². The zero-order valence-electron chi connectivity index (χ0n) is 9.64. The molecule has 1 heterocycles. The van der Waals surface area contributed by atoms with Gasteiger partial charge in [-0.2, -0.15) is 0 Å². The van der Waals surface area contributed by atoms with Crippen LogP contribution in [0.15, 0.2) is 0 Å². The van der Waals surface area contributed by atoms with Gasteiger partial charge in [-0.15, -0.1) is 0 Å². The molecule has 1 aliphatic rings. The van der Waals surface area contributed by atoms with E-state index < -0.39 is 0 Å². The second-order valence-corrected chi connectivity index (χ2v) is 5.41. The average Bonchev–Trinajstić information content (AvgIpc) is 2.16. The normalized spacial score (nSPS) is 29.4. The first kappa shape index (κ1) is 12.5. The smallest absolute Gasteiger partial charge is 0.00697 e. The minimum atomic E-state index is 0.822. The van der Waals surface area contributed by atoms with Crippen molar-refractivity contribution in [3.63, 3.8) is 0 Å². The van der Waals surface area contributed by atoms with Crippen molar-refractivity contribution in [2.75, 3.05) is 11.9 Å². The van der Waals surface area contributed by atoms with Crippen LogP contribution in [-0.2, 0) is 0 Å². The van der Waals surface area contributed by atoms with Crippen LogP contribution in [-0.4, -0.2) is 28.9 Å². The van der Waals surface area contributed by atoms with Crippen LogP contribution < -0.4 is 0 Å². The van der Waals surface area contributed by atoms with E-state index in [2.05, 4.69) is 34.7 Å². The van der Waals surface area contributed by atoms with Gasteiger partial charge in [0.25, 0.3) is 0 Å². The van der Waals surface area contributed by atoms with Crippen molar-refractivity contribution in [3.8, 4) is 0 Å². The molecule has 2 heteroatoms. The second kappa shape index (κ2) is 6.84. The van der Waals surface area contributed by atoms with Crippen molar-refractivity contribution in [2.45, 2.75) is 64.5 Å². The number of alkyl halides is 1. The molecule has 0 amide bonds. The third-order valence-corrected chi connectivity index (χ3v) is 3.99. The van der Waals surface area contributed by atoms with Gasteiger partial charge >= 0.3 is 0 Å². The van der Waals surface area contributed by atoms with Crippen molar-refractivity contribution < 1.29 is 0 Å². The lowest BCUT2D eigenvalue weighted by molar-refractivity contribution is 0.101. The topological polar surface area (TPSA) is 3.24 Å². The van der Waals surface area contributed by atoms with Crippen molar-refractivity contribution in [1.29, 1.82) is 0 Å². The predicted molar refractivity (Wildman–Crippen MR) is 67.1 cm³/mol. The van der Waals surface area contributed by atoms with Crippen molar-refractivity contribution in [3.05, 3.63) is 0 Å². The standard InChI is InChI=1S/C12H24BrN/c1-11-7-6-8-12(2)14(11)10-5-3-4-9-13/h11-12H,3-10H2,1-2H3. The number of unbranched alkanes of at least 4 members (excludes halogenated alkanes) is 2. The maximum Gasteiger partial charge on any atom is 0.00697 e. The summed E-state index contributed by atoms with van der Waals surface area (Å²) < 4.78 is 0. The van der Waals surface area contributed by atoms with Gasteiger partial charge in [0.1, 0.15) is 0 Å². The fraction of sp³-hybridized carbons (Fsp3) is 1.00. The van der Waals surface area contributed by atoms with E-state index in [0.29, 0.717) is 0 Å². The molecule has 0 bridgehead atoms. The monoisotopic (exact) mass is 261 g/mol. The molecule has 1 aliphatic heterocycles. The summed E-state index contributed by atoms with van der Waals surface area (Å²) in [5.41, 5.74) is 0. The number of hydrogen-bond donors (Lipinski definition) is 0. The van der Waals surface area contributed by atoms with Crippen LogP contribution in [0.3, 0.4) is 0 Å². The Morgan fingerprint density at radius 1 is 1.07 bits per heavy atom. The fourth-order valence-electron chi connectivity index (χ4n) is 2.48. The van der Waals surface area contributed by atoms with Gasteiger partial charge in [0.15, 0.2) is 0 Å². The zero-order chi connectivity index (χ0) is 10.4. The number of halogens is 1. The lowest BCUT2D eigenvalue weighted by Crippen LogP contribution is -2.44. The molecule has 0 aliphatic carbocycles. The van der Waals surface area contributed by atoms with Crippen molar-refractivity contribution >= 4 is 15.9 Å². The highest BCUT2D eigenvalue weighted by Crippen LogP contribution is 2.22. The number of piperidine rings is 1. The Labute approximate surface area is 97.4 Å². The van der Waals surface area contributed by atoms with E-state index in [1.807, 2.05) is 0 Å². The Balaban J connectivity index is 2.19. The van der Waals surface area contributed by atoms with E-state index in [-0.39, 0.29) is 0 Å². The average molecular weight is 262 g/mol. The molecule has 1 nitrogen and oxygen atoms in total. The van der Waals surface area contributed by atoms with Gasteiger partial charge in [-0.1, -0.05) is 28.8 Å². The molecule has 1 fully saturated rings. The van der Waals surface area contributed by atoms with E-state index in [4.69, 9.17) is 0 Å². The molecule has 0 aromatic heterocycles. The molecule has 1 saturated heterocycles. The highest BCUT2D eigenvalue weighted by atomic mass is 79.9. The van der Waals surface area contributed by atoms with E-state index in [0.717, 1.165) is 17.4 Å². The fourth-order valence-corrected chi connectivity index (χ4v) is 2.88. The number of hydrogen-bond acceptors (Lipinski definition) is 1. The first-order chi connectivity index (χ1) is 6.75. The van der Waals surface area contributed by atoms with Gasteiger partial charge < -0.3 is 0 Å². The van der Waals surface area contributed by atoms with Crippen molar-refractivity contribution in [1.82, 2.24) is 4.90 Å². The number of nitrogens with zero attached hydrogens (tertiary/aromatic N) is 1. The Morgan fingerprint density at radius 3 is 2.29 bits per heavy atom. The molecule has 2 unspecified atom stereocenters. The molecule has 14 heavy (non-hydrogen) atoms. The first-order valence-corrected chi connectivity index (χ1v) is 7.19. The Hall–Kier alpha value is 0.440. The summed E-state index contributed by atoms with van der Waals surface area (Å²) in [7, 11) is 0. The van der Waals surface area contributed by atoms with Gasteiger partial charge in [-0.3, -0.25) is 4.90 Å². The quantitative estimate of drug-likeness (QED) is 0.538. The third-order valence-electron chi connectivity index (χ3n) is 3.43. The molecule has 0 aromatic carbocycles. The van der Waals surface area contributed by atoms with Crippen LogP contribution in [0.4, 0.5) is 0 Å². The van der Waals surface area contributed by atoms with Crippen LogP contribution in [0, 0.1) is 0 Å². The molecular weight excluding hydrogens is 238 g/mol. The molecule has 0 spiro atoms. The van der Waals surface area contributed by atoms with Gasteiger partial charge in [0.2, 0.25) is 0 Å². The molecule has 0 radical (unpaired) electrons. The van der Waals surface area contributed by atoms with E-state index >= 15 is 0 Å². The molecule has 0 saturated carbocycles. The molecule has 1 rings (SSSR count). The summed E-state index contributed by atoms with van der Waals surface area (Å²) >= 11 is 3.49. The summed E-state index contributed by atoms with van der Waals surface area (Å²) in [6, 6.07) is 1.64. The highest BCUT2D eigenvalue weighted by molar-refractivity contribution is 9.09. The summed E-state index contributed by atoms with van der Waals surface area (Å²) in [6.45, 7) is 6.09. The van der Waals surface area contributed by atoms with Crippen LogP contribution >= 0.6 is 15.9 Å². The summed E-state index contributed by atoms with van der Waals surface area (Å²) in [5.74, 6) is 0. The summed E-state index contributed by atoms with van der Waals surface area (Å²) in [5, 5.41) is 1.16. The summed E-state index contributed by atoms with van der Waals surface area (Å²) in [4.78, 5) is 2.71. The maximum absolute atomic E-state index is 3.49. The molecular formula is C12H24BrN. The molecule has 84 valence electrons. The largest absolute Gasteiger partial charge is 0.298 e. The van der Waals surface area contributed by atoms with Crippen LogP contribution in [0.5, 0.6) is 0 Å². The van der Waals surface area contributed by atoms with Crippen LogP contribution in [0.2, 0.25) is 0 Å². The van der Waals surface area contributed by atoms with Gasteiger partial charge in [0.05, 0.1) is 0 Å². The van der Waals surface area contributed by atoms with Gasteiger partial charge in [0, 0.05) is 17.4 Å². The molecule has 0 N–H and O–H groups in total. The zero-order valence-corrected chi connectivity index (χ0v) is 11.2. The second-order valence-electron chi connectivity index (χ2n) is 4.62. The summed E-state index contributed by atoms with van der Waals surface area (Å²) in [6.07, 6.45) is 8.32. The Kier molecular flexibility index (Phi) is 6.11. The van der Waals surface area contributed by atoms with Crippen molar-refractivity contribution in [2.24, 2.45) is 0 Å². The van der Waals surface area contributed by atoms with Crippen LogP contribution in [0.1, 0.15) is 52.4 Å². The Morgan fingerprint density at radius 2 is 1.71 bits per heavy atom. The lowest BCUT2D eigenvalue weighted by atomic mass is 9.97. The predicted octanol–water partition coefficient (Wildman–Crippen LogP) is 3.81. The number of likely N-dealkylation sites (tertiary alicyclic amines) is 1. The maximum atomic E-state index is 3.49. The van der Waals surface area contributed by atoms with Crippen LogP contribution in [0.25, 0.3) is 0 Å². The highest BCUT2D eigenvalue weighted by Gasteiger charge is 2.23. The minimum Gasteiger partial charge on any atom is -0.298 e. The third kappa shape index (κ3) is 3.90. The number of rotatable bonds is 5. The SMILES string of the molecule is CC1CCCC(C)N1CCCCCBr. The first-order valence-electron chi connectivity index (χ1n) is 6.07. The van der Waals surface area contributed by atoms with E-state index in [9.17, 15) is 0 Å². The van der Waals surface area contributed by atoms with E-state index in [1.165, 1.54) is 45.1 Å². The lowest BCUT2D eigenvalue weighted by Gasteiger charge is -2.39. The van der Waals surface area contributed by atoms with E-state index in [1.54, 1.807) is 0 Å². The molecule has 0 aromatic rings. The van der Waals surface area contributed by atoms with Gasteiger partial charge in [-0.25, -0.2) is 0 Å². The molecule has 2 atom stereocenters. The minimum absolute atomic E-state index is 0.822.